The number of amides is 1. The van der Waals surface area contributed by atoms with Crippen molar-refractivity contribution in [3.05, 3.63) is 64.5 Å². The Morgan fingerprint density at radius 3 is 1.91 bits per heavy atom. The second-order valence-electron chi connectivity index (χ2n) is 7.05. The third-order valence-electron chi connectivity index (χ3n) is 5.09. The zero-order valence-electron chi connectivity index (χ0n) is 18.2. The molecule has 1 aliphatic heterocycles. The average molecular weight is 494 g/mol. The number of alkyl halides is 4. The first-order valence-corrected chi connectivity index (χ1v) is 9.82. The number of halogens is 7. The van der Waals surface area contributed by atoms with E-state index in [9.17, 15) is 35.5 Å². The second kappa shape index (κ2) is 11.4. The smallest absolute Gasteiger partial charge is 0.269 e. The van der Waals surface area contributed by atoms with E-state index in [4.69, 9.17) is 9.84 Å². The van der Waals surface area contributed by atoms with Crippen molar-refractivity contribution in [1.29, 1.82) is 0 Å². The van der Waals surface area contributed by atoms with Crippen LogP contribution in [0.2, 0.25) is 0 Å². The number of hydrazone groups is 1. The fourth-order valence-corrected chi connectivity index (χ4v) is 3.42. The van der Waals surface area contributed by atoms with Crippen molar-refractivity contribution in [3.63, 3.8) is 0 Å². The van der Waals surface area contributed by atoms with Crippen molar-refractivity contribution in [1.82, 2.24) is 0 Å². The molecule has 0 saturated carbocycles. The minimum atomic E-state index is -3.86. The van der Waals surface area contributed by atoms with Crippen LogP contribution in [-0.4, -0.2) is 37.0 Å². The van der Waals surface area contributed by atoms with Gasteiger partial charge < -0.3 is 9.84 Å². The molecule has 2 unspecified atom stereocenters. The zero-order chi connectivity index (χ0) is 25.7. The van der Waals surface area contributed by atoms with Gasteiger partial charge in [0.05, 0.1) is 40.1 Å². The van der Waals surface area contributed by atoms with E-state index in [2.05, 4.69) is 5.10 Å². The quantitative estimate of drug-likeness (QED) is 0.526. The molecule has 2 aromatic carbocycles. The summed E-state index contributed by atoms with van der Waals surface area (Å²) in [5.74, 6) is -8.75. The first kappa shape index (κ1) is 27.3. The van der Waals surface area contributed by atoms with Gasteiger partial charge in [0, 0.05) is 14.2 Å². The number of methoxy groups -OCH3 is 1. The van der Waals surface area contributed by atoms with E-state index in [-0.39, 0.29) is 12.1 Å². The molecule has 5 nitrogen and oxygen atoms in total. The Morgan fingerprint density at radius 2 is 1.47 bits per heavy atom. The SMILES string of the molecule is CO.COC(C)CC1C(=O)N(c2ccccc2)N=C1c1c(F)c(C(F)F)c(F)c(C(F)F)c1F. The van der Waals surface area contributed by atoms with E-state index in [1.807, 2.05) is 0 Å². The fraction of sp³-hybridized carbons (Fsp3) is 0.364. The zero-order valence-corrected chi connectivity index (χ0v) is 18.2. The average Bonchev–Trinajstić information content (AvgIpc) is 3.10. The van der Waals surface area contributed by atoms with Crippen LogP contribution in [0.4, 0.5) is 36.4 Å². The van der Waals surface area contributed by atoms with Gasteiger partial charge in [0.25, 0.3) is 18.8 Å². The molecule has 2 aromatic rings. The number of rotatable bonds is 7. The Hall–Kier alpha value is -2.99. The monoisotopic (exact) mass is 494 g/mol. The molecule has 186 valence electrons. The van der Waals surface area contributed by atoms with Crippen molar-refractivity contribution in [2.24, 2.45) is 11.0 Å². The van der Waals surface area contributed by atoms with Gasteiger partial charge in [0.1, 0.15) is 17.5 Å². The molecular formula is C22H21F7N2O3. The molecular weight excluding hydrogens is 473 g/mol. The minimum absolute atomic E-state index is 0.189. The van der Waals surface area contributed by atoms with Gasteiger partial charge in [0.2, 0.25) is 0 Å². The van der Waals surface area contributed by atoms with Crippen molar-refractivity contribution >= 4 is 17.3 Å². The van der Waals surface area contributed by atoms with Gasteiger partial charge in [-0.15, -0.1) is 0 Å². The predicted molar refractivity (Wildman–Crippen MR) is 109 cm³/mol. The molecule has 0 spiro atoms. The Balaban J connectivity index is 0.00000199. The van der Waals surface area contributed by atoms with Crippen molar-refractivity contribution < 1.29 is 45.4 Å². The number of para-hydroxylation sites is 1. The van der Waals surface area contributed by atoms with Crippen LogP contribution in [-0.2, 0) is 9.53 Å². The molecule has 0 saturated heterocycles. The lowest BCUT2D eigenvalue weighted by atomic mass is 9.89. The molecule has 0 fully saturated rings. The van der Waals surface area contributed by atoms with Crippen LogP contribution in [0.3, 0.4) is 0 Å². The lowest BCUT2D eigenvalue weighted by molar-refractivity contribution is -0.120. The maximum absolute atomic E-state index is 14.9. The summed E-state index contributed by atoms with van der Waals surface area (Å²) < 4.78 is 102. The number of hydrogen-bond acceptors (Lipinski definition) is 4. The van der Waals surface area contributed by atoms with Crippen molar-refractivity contribution in [3.8, 4) is 0 Å². The van der Waals surface area contributed by atoms with E-state index < -0.39 is 70.6 Å². The van der Waals surface area contributed by atoms with Crippen LogP contribution in [0, 0.1) is 23.4 Å². The summed E-state index contributed by atoms with van der Waals surface area (Å²) in [5, 5.41) is 11.7. The Labute approximate surface area is 190 Å². The molecule has 1 N–H and O–H groups in total. The number of aliphatic hydroxyl groups excluding tert-OH is 1. The summed E-state index contributed by atoms with van der Waals surface area (Å²) in [6.07, 6.45) is -8.56. The van der Waals surface area contributed by atoms with Crippen LogP contribution in [0.5, 0.6) is 0 Å². The summed E-state index contributed by atoms with van der Waals surface area (Å²) in [5.41, 5.74) is -5.93. The molecule has 1 heterocycles. The topological polar surface area (TPSA) is 62.1 Å². The summed E-state index contributed by atoms with van der Waals surface area (Å²) in [4.78, 5) is 13.0. The molecule has 0 radical (unpaired) electrons. The van der Waals surface area contributed by atoms with Crippen molar-refractivity contribution in [2.75, 3.05) is 19.2 Å². The fourth-order valence-electron chi connectivity index (χ4n) is 3.42. The van der Waals surface area contributed by atoms with E-state index in [1.54, 1.807) is 18.2 Å². The third kappa shape index (κ3) is 5.07. The molecule has 0 aliphatic carbocycles. The molecule has 12 heteroatoms. The number of carbonyl (C=O) groups is 1. The molecule has 2 atom stereocenters. The van der Waals surface area contributed by atoms with Crippen LogP contribution < -0.4 is 5.01 Å². The van der Waals surface area contributed by atoms with Gasteiger partial charge in [-0.1, -0.05) is 18.2 Å². The first-order chi connectivity index (χ1) is 16.1. The minimum Gasteiger partial charge on any atom is -0.400 e. The predicted octanol–water partition coefficient (Wildman–Crippen LogP) is 5.38. The molecule has 34 heavy (non-hydrogen) atoms. The highest BCUT2D eigenvalue weighted by Gasteiger charge is 2.43. The summed E-state index contributed by atoms with van der Waals surface area (Å²) in [7, 11) is 2.30. The Bertz CT molecular complexity index is 1010. The van der Waals surface area contributed by atoms with E-state index in [1.165, 1.54) is 26.2 Å². The molecule has 3 rings (SSSR count). The maximum atomic E-state index is 14.9. The molecule has 1 aliphatic rings. The summed E-state index contributed by atoms with van der Waals surface area (Å²) >= 11 is 0. The van der Waals surface area contributed by atoms with E-state index >= 15 is 0 Å². The molecule has 1 amide bonds. The largest absolute Gasteiger partial charge is 0.400 e. The highest BCUT2D eigenvalue weighted by atomic mass is 19.3. The first-order valence-electron chi connectivity index (χ1n) is 9.82. The van der Waals surface area contributed by atoms with E-state index in [0.717, 1.165) is 12.1 Å². The van der Waals surface area contributed by atoms with Crippen LogP contribution in [0.15, 0.2) is 35.4 Å². The van der Waals surface area contributed by atoms with Gasteiger partial charge in [-0.2, -0.15) is 10.1 Å². The lowest BCUT2D eigenvalue weighted by Crippen LogP contribution is -2.31. The van der Waals surface area contributed by atoms with Crippen LogP contribution in [0.25, 0.3) is 0 Å². The molecule has 0 aromatic heterocycles. The van der Waals surface area contributed by atoms with Gasteiger partial charge >= 0.3 is 0 Å². The number of nitrogens with zero attached hydrogens (tertiary/aromatic N) is 2. The van der Waals surface area contributed by atoms with Crippen molar-refractivity contribution in [2.45, 2.75) is 32.3 Å². The number of anilines is 1. The number of aliphatic hydroxyl groups is 1. The number of ether oxygens (including phenoxy) is 1. The highest BCUT2D eigenvalue weighted by Crippen LogP contribution is 2.39. The van der Waals surface area contributed by atoms with E-state index in [0.29, 0.717) is 0 Å². The summed E-state index contributed by atoms with van der Waals surface area (Å²) in [6.45, 7) is 1.53. The van der Waals surface area contributed by atoms with Crippen LogP contribution >= 0.6 is 0 Å². The van der Waals surface area contributed by atoms with Gasteiger partial charge in [0.15, 0.2) is 0 Å². The van der Waals surface area contributed by atoms with Gasteiger partial charge in [-0.25, -0.2) is 30.7 Å². The Morgan fingerprint density at radius 1 is 0.971 bits per heavy atom. The standard InChI is InChI=1S/C21H17F7N2O2.CH4O/c1-9(32-2)8-11-18(29-30(21(11)31)10-6-4-3-5-7-10)12-15(22)13(19(25)26)17(24)14(16(12)23)20(27)28;1-2/h3-7,9,11,19-20H,8H2,1-2H3;2H,1H3. The number of hydrogen-bond donors (Lipinski definition) is 1. The van der Waals surface area contributed by atoms with Gasteiger partial charge in [-0.3, -0.25) is 4.79 Å². The van der Waals surface area contributed by atoms with Crippen LogP contribution in [0.1, 0.15) is 42.9 Å². The second-order valence-corrected chi connectivity index (χ2v) is 7.05. The number of benzene rings is 2. The summed E-state index contributed by atoms with van der Waals surface area (Å²) in [6, 6.07) is 7.63. The highest BCUT2D eigenvalue weighted by molar-refractivity contribution is 6.21. The lowest BCUT2D eigenvalue weighted by Gasteiger charge is -2.19. The Kier molecular flexibility index (Phi) is 9.16. The number of carbonyl (C=O) groups excluding carboxylic acids is 1. The normalized spacial score (nSPS) is 16.6. The van der Waals surface area contributed by atoms with Gasteiger partial charge in [-0.05, 0) is 25.5 Å². The maximum Gasteiger partial charge on any atom is 0.269 e. The molecule has 0 bridgehead atoms. The third-order valence-corrected chi connectivity index (χ3v) is 5.09.